The van der Waals surface area contributed by atoms with Crippen molar-refractivity contribution < 1.29 is 8.42 Å². The zero-order valence-corrected chi connectivity index (χ0v) is 13.4. The Morgan fingerprint density at radius 1 is 1.55 bits per heavy atom. The van der Waals surface area contributed by atoms with Crippen LogP contribution in [0.1, 0.15) is 33.3 Å². The maximum atomic E-state index is 12.6. The smallest absolute Gasteiger partial charge is 0.260 e. The molecule has 0 saturated carbocycles. The third kappa shape index (κ3) is 4.16. The molecule has 0 amide bonds. The fraction of sp³-hybridized carbons (Fsp3) is 0.615. The van der Waals surface area contributed by atoms with Gasteiger partial charge in [-0.05, 0) is 6.92 Å². The van der Waals surface area contributed by atoms with Gasteiger partial charge in [0.25, 0.3) is 10.0 Å². The van der Waals surface area contributed by atoms with Gasteiger partial charge >= 0.3 is 0 Å². The lowest BCUT2D eigenvalue weighted by Gasteiger charge is -2.20. The largest absolute Gasteiger partial charge is 0.310 e. The lowest BCUT2D eigenvalue weighted by atomic mass is 10.3. The quantitative estimate of drug-likeness (QED) is 0.713. The van der Waals surface area contributed by atoms with Gasteiger partial charge in [0.2, 0.25) is 0 Å². The first-order chi connectivity index (χ1) is 9.28. The predicted octanol–water partition coefficient (Wildman–Crippen LogP) is 1.49. The summed E-state index contributed by atoms with van der Waals surface area (Å²) < 4.78 is 26.6. The molecule has 0 atom stereocenters. The third-order valence-corrected chi connectivity index (χ3v) is 4.71. The minimum Gasteiger partial charge on any atom is -0.310 e. The molecule has 6 nitrogen and oxygen atoms in total. The van der Waals surface area contributed by atoms with E-state index < -0.39 is 10.0 Å². The summed E-state index contributed by atoms with van der Waals surface area (Å²) in [6.07, 6.45) is 1.55. The Hall–Kier alpha value is -1.18. The van der Waals surface area contributed by atoms with E-state index in [-0.39, 0.29) is 11.1 Å². The molecule has 114 valence electrons. The molecule has 0 radical (unpaired) electrons. The number of nitrogens with zero attached hydrogens (tertiary/aromatic N) is 2. The Labute approximate surface area is 121 Å². The molecule has 1 rings (SSSR count). The van der Waals surface area contributed by atoms with Crippen molar-refractivity contribution in [3.8, 4) is 0 Å². The van der Waals surface area contributed by atoms with E-state index in [4.69, 9.17) is 0 Å². The van der Waals surface area contributed by atoms with Gasteiger partial charge in [0, 0.05) is 31.2 Å². The maximum Gasteiger partial charge on any atom is 0.260 e. The number of aromatic nitrogens is 2. The van der Waals surface area contributed by atoms with E-state index in [1.54, 1.807) is 6.20 Å². The van der Waals surface area contributed by atoms with Crippen LogP contribution >= 0.6 is 0 Å². The Morgan fingerprint density at radius 3 is 2.70 bits per heavy atom. The maximum absolute atomic E-state index is 12.6. The van der Waals surface area contributed by atoms with Crippen LogP contribution in [-0.4, -0.2) is 42.1 Å². The van der Waals surface area contributed by atoms with Crippen LogP contribution < -0.4 is 5.32 Å². The molecule has 0 aliphatic rings. The highest BCUT2D eigenvalue weighted by Crippen LogP contribution is 2.18. The van der Waals surface area contributed by atoms with Gasteiger partial charge in [0.05, 0.1) is 6.20 Å². The number of nitrogens with one attached hydrogen (secondary N) is 2. The molecule has 0 aromatic carbocycles. The molecular weight excluding hydrogens is 276 g/mol. The highest BCUT2D eigenvalue weighted by atomic mass is 32.2. The molecule has 0 saturated heterocycles. The highest BCUT2D eigenvalue weighted by molar-refractivity contribution is 7.89. The average Bonchev–Trinajstić information content (AvgIpc) is 2.81. The molecule has 20 heavy (non-hydrogen) atoms. The van der Waals surface area contributed by atoms with Crippen molar-refractivity contribution >= 4 is 10.0 Å². The number of likely N-dealkylation sites (N-methyl/N-ethyl adjacent to an activating group) is 1. The summed E-state index contributed by atoms with van der Waals surface area (Å²) in [6, 6.07) is 0.276. The van der Waals surface area contributed by atoms with Gasteiger partial charge in [0.15, 0.2) is 5.03 Å². The molecule has 0 unspecified atom stereocenters. The van der Waals surface area contributed by atoms with Crippen LogP contribution in [0.25, 0.3) is 0 Å². The molecule has 1 aromatic heterocycles. The van der Waals surface area contributed by atoms with Crippen molar-refractivity contribution in [3.63, 3.8) is 0 Å². The Morgan fingerprint density at radius 2 is 2.20 bits per heavy atom. The summed E-state index contributed by atoms with van der Waals surface area (Å²) >= 11 is 0. The fourth-order valence-electron chi connectivity index (χ4n) is 1.76. The van der Waals surface area contributed by atoms with Gasteiger partial charge < -0.3 is 5.32 Å². The first-order valence-electron chi connectivity index (χ1n) is 6.69. The van der Waals surface area contributed by atoms with Crippen LogP contribution in [0.5, 0.6) is 0 Å². The number of hydrogen-bond acceptors (Lipinski definition) is 4. The third-order valence-electron chi connectivity index (χ3n) is 2.78. The van der Waals surface area contributed by atoms with Gasteiger partial charge in [0.1, 0.15) is 0 Å². The fourth-order valence-corrected chi connectivity index (χ4v) is 3.37. The van der Waals surface area contributed by atoms with Crippen molar-refractivity contribution in [2.45, 2.75) is 45.3 Å². The van der Waals surface area contributed by atoms with Gasteiger partial charge in [-0.1, -0.05) is 32.9 Å². The van der Waals surface area contributed by atoms with Crippen molar-refractivity contribution in [2.75, 3.05) is 13.1 Å². The Kier molecular flexibility index (Phi) is 5.91. The number of rotatable bonds is 8. The van der Waals surface area contributed by atoms with Crippen LogP contribution in [-0.2, 0) is 16.6 Å². The lowest BCUT2D eigenvalue weighted by Crippen LogP contribution is -2.33. The summed E-state index contributed by atoms with van der Waals surface area (Å²) in [5.74, 6) is 0. The van der Waals surface area contributed by atoms with Crippen LogP contribution in [0, 0.1) is 0 Å². The molecule has 0 aliphatic heterocycles. The zero-order chi connectivity index (χ0) is 15.3. The molecular formula is C13H24N4O2S. The van der Waals surface area contributed by atoms with E-state index in [1.165, 1.54) is 4.31 Å². The summed E-state index contributed by atoms with van der Waals surface area (Å²) in [7, 11) is -3.57. The molecule has 1 heterocycles. The number of aromatic amines is 1. The molecule has 0 aliphatic carbocycles. The van der Waals surface area contributed by atoms with Gasteiger partial charge in [-0.2, -0.15) is 9.40 Å². The van der Waals surface area contributed by atoms with E-state index in [9.17, 15) is 8.42 Å². The monoisotopic (exact) mass is 300 g/mol. The van der Waals surface area contributed by atoms with Gasteiger partial charge in [-0.25, -0.2) is 8.42 Å². The van der Waals surface area contributed by atoms with Crippen molar-refractivity contribution in [1.82, 2.24) is 19.8 Å². The standard InChI is InChI=1S/C13H24N4O2S/c1-6-17(9-10(2)3)20(18,19)13-12(8-15-16-13)7-14-11(4)5/h8,11,14H,2,6-7,9H2,1,3-5H3,(H,15,16). The SMILES string of the molecule is C=C(C)CN(CC)S(=O)(=O)c1[nH]ncc1CNC(C)C. The van der Waals surface area contributed by atoms with Crippen molar-refractivity contribution in [2.24, 2.45) is 0 Å². The van der Waals surface area contributed by atoms with Crippen LogP contribution in [0.15, 0.2) is 23.4 Å². The van der Waals surface area contributed by atoms with E-state index >= 15 is 0 Å². The second-order valence-electron chi connectivity index (χ2n) is 5.15. The summed E-state index contributed by atoms with van der Waals surface area (Å²) in [5, 5.41) is 9.84. The summed E-state index contributed by atoms with van der Waals surface area (Å²) in [6.45, 7) is 12.6. The molecule has 2 N–H and O–H groups in total. The molecule has 7 heteroatoms. The van der Waals surface area contributed by atoms with E-state index in [2.05, 4.69) is 22.1 Å². The van der Waals surface area contributed by atoms with Gasteiger partial charge in [-0.3, -0.25) is 5.10 Å². The highest BCUT2D eigenvalue weighted by Gasteiger charge is 2.27. The molecule has 1 aromatic rings. The zero-order valence-electron chi connectivity index (χ0n) is 12.6. The second-order valence-corrected chi connectivity index (χ2v) is 7.02. The van der Waals surface area contributed by atoms with E-state index in [1.807, 2.05) is 27.7 Å². The van der Waals surface area contributed by atoms with E-state index in [0.717, 1.165) is 5.57 Å². The normalized spacial score (nSPS) is 12.3. The topological polar surface area (TPSA) is 78.1 Å². The summed E-state index contributed by atoms with van der Waals surface area (Å²) in [4.78, 5) is 0. The van der Waals surface area contributed by atoms with Crippen LogP contribution in [0.4, 0.5) is 0 Å². The first kappa shape index (κ1) is 16.9. The molecule has 0 bridgehead atoms. The first-order valence-corrected chi connectivity index (χ1v) is 8.13. The van der Waals surface area contributed by atoms with E-state index in [0.29, 0.717) is 25.2 Å². The lowest BCUT2D eigenvalue weighted by molar-refractivity contribution is 0.448. The summed E-state index contributed by atoms with van der Waals surface area (Å²) in [5.41, 5.74) is 1.45. The minimum absolute atomic E-state index is 0.161. The van der Waals surface area contributed by atoms with Crippen molar-refractivity contribution in [3.05, 3.63) is 23.9 Å². The van der Waals surface area contributed by atoms with Gasteiger partial charge in [-0.15, -0.1) is 0 Å². The second kappa shape index (κ2) is 7.01. The van der Waals surface area contributed by atoms with Crippen LogP contribution in [0.3, 0.4) is 0 Å². The molecule has 0 spiro atoms. The Bertz CT molecular complexity index is 548. The molecule has 0 fully saturated rings. The minimum atomic E-state index is -3.57. The van der Waals surface area contributed by atoms with Crippen molar-refractivity contribution in [1.29, 1.82) is 0 Å². The average molecular weight is 300 g/mol. The predicted molar refractivity (Wildman–Crippen MR) is 79.8 cm³/mol. The Balaban J connectivity index is 3.02. The van der Waals surface area contributed by atoms with Crippen LogP contribution in [0.2, 0.25) is 0 Å². The number of H-pyrrole nitrogens is 1. The number of hydrogen-bond donors (Lipinski definition) is 2. The number of sulfonamides is 1.